The van der Waals surface area contributed by atoms with Crippen molar-refractivity contribution in [1.29, 1.82) is 0 Å². The molecule has 9 heteroatoms. The average Bonchev–Trinajstić information content (AvgIpc) is 2.85. The summed E-state index contributed by atoms with van der Waals surface area (Å²) >= 11 is 12.2. The van der Waals surface area contributed by atoms with E-state index in [1.54, 1.807) is 31.2 Å². The third kappa shape index (κ3) is 3.58. The number of amides is 1. The van der Waals surface area contributed by atoms with E-state index in [2.05, 4.69) is 9.35 Å². The smallest absolute Gasteiger partial charge is 0.319 e. The Morgan fingerprint density at radius 2 is 2.00 bits per heavy atom. The number of fused-ring (bicyclic) bond motifs is 1. The summed E-state index contributed by atoms with van der Waals surface area (Å²) in [7, 11) is -2.81. The largest absolute Gasteiger partial charge is 0.324 e. The van der Waals surface area contributed by atoms with Gasteiger partial charge in [0.05, 0.1) is 17.6 Å². The molecule has 0 unspecified atom stereocenters. The molecule has 2 aromatic carbocycles. The number of nitrogens with zero attached hydrogens (tertiary/aromatic N) is 3. The molecule has 3 rings (SSSR count). The number of imidazole rings is 1. The zero-order valence-electron chi connectivity index (χ0n) is 12.9. The van der Waals surface area contributed by atoms with E-state index in [1.807, 2.05) is 10.6 Å². The summed E-state index contributed by atoms with van der Waals surface area (Å²) in [6, 6.07) is 10.2. The van der Waals surface area contributed by atoms with E-state index in [1.165, 1.54) is 6.07 Å². The lowest BCUT2D eigenvalue weighted by molar-refractivity contribution is 0.101. The van der Waals surface area contributed by atoms with E-state index in [9.17, 15) is 13.2 Å². The Kier molecular flexibility index (Phi) is 4.89. The van der Waals surface area contributed by atoms with Crippen LogP contribution >= 0.6 is 23.2 Å². The fraction of sp³-hybridized carbons (Fsp3) is 0.125. The molecule has 3 aromatic rings. The van der Waals surface area contributed by atoms with Crippen molar-refractivity contribution in [2.45, 2.75) is 13.5 Å². The normalized spacial score (nSPS) is 10.8. The molecule has 0 spiro atoms. The third-order valence-corrected chi connectivity index (χ3v) is 4.60. The van der Waals surface area contributed by atoms with E-state index in [0.29, 0.717) is 33.4 Å². The van der Waals surface area contributed by atoms with Gasteiger partial charge in [0.1, 0.15) is 11.3 Å². The summed E-state index contributed by atoms with van der Waals surface area (Å²) in [5.41, 5.74) is 2.05. The van der Waals surface area contributed by atoms with Crippen LogP contribution in [0, 0.1) is 6.92 Å². The Balaban J connectivity index is 2.13. The Labute approximate surface area is 154 Å². The van der Waals surface area contributed by atoms with Crippen LogP contribution in [0.25, 0.3) is 11.0 Å². The average molecular weight is 396 g/mol. The second kappa shape index (κ2) is 6.95. The molecule has 0 bridgehead atoms. The van der Waals surface area contributed by atoms with Crippen LogP contribution in [-0.2, 0) is 17.0 Å². The minimum atomic E-state index is -2.81. The van der Waals surface area contributed by atoms with Gasteiger partial charge in [-0.15, -0.1) is 0 Å². The van der Waals surface area contributed by atoms with Gasteiger partial charge in [0, 0.05) is 10.0 Å². The Morgan fingerprint density at radius 3 is 2.68 bits per heavy atom. The zero-order chi connectivity index (χ0) is 18.1. The van der Waals surface area contributed by atoms with E-state index >= 15 is 0 Å². The first-order valence-corrected chi connectivity index (χ1v) is 8.91. The van der Waals surface area contributed by atoms with Gasteiger partial charge < -0.3 is 4.57 Å². The molecule has 0 aliphatic heterocycles. The second-order valence-corrected chi connectivity index (χ2v) is 6.73. The summed E-state index contributed by atoms with van der Waals surface area (Å²) in [5.74, 6) is -0.197. The summed E-state index contributed by atoms with van der Waals surface area (Å²) in [6.07, 6.45) is 0. The highest BCUT2D eigenvalue weighted by Crippen LogP contribution is 2.26. The SMILES string of the molecule is Cc1nc2c(C(=O)N=S(=O)=O)cccc2n1Cc1ccc(Cl)cc1Cl. The van der Waals surface area contributed by atoms with Crippen molar-refractivity contribution in [3.63, 3.8) is 0 Å². The van der Waals surface area contributed by atoms with Crippen molar-refractivity contribution in [3.8, 4) is 0 Å². The van der Waals surface area contributed by atoms with Gasteiger partial charge in [-0.3, -0.25) is 4.79 Å². The monoisotopic (exact) mass is 395 g/mol. The fourth-order valence-corrected chi connectivity index (χ4v) is 3.27. The summed E-state index contributed by atoms with van der Waals surface area (Å²) < 4.78 is 26.2. The number of hydrogen-bond acceptors (Lipinski definition) is 4. The van der Waals surface area contributed by atoms with Gasteiger partial charge in [0.2, 0.25) is 0 Å². The van der Waals surface area contributed by atoms with Crippen molar-refractivity contribution >= 4 is 50.6 Å². The number of hydrogen-bond donors (Lipinski definition) is 0. The first-order chi connectivity index (χ1) is 11.9. The molecule has 0 saturated heterocycles. The Hall–Kier alpha value is -2.22. The van der Waals surface area contributed by atoms with Crippen molar-refractivity contribution in [1.82, 2.24) is 9.55 Å². The maximum Gasteiger partial charge on any atom is 0.319 e. The molecule has 6 nitrogen and oxygen atoms in total. The maximum absolute atomic E-state index is 12.0. The van der Waals surface area contributed by atoms with Gasteiger partial charge in [0.15, 0.2) is 0 Å². The minimum Gasteiger partial charge on any atom is -0.324 e. The molecule has 25 heavy (non-hydrogen) atoms. The number of carbonyl (C=O) groups excluding carboxylic acids is 1. The van der Waals surface area contributed by atoms with Crippen LogP contribution in [0.2, 0.25) is 10.0 Å². The van der Waals surface area contributed by atoms with Crippen LogP contribution in [-0.4, -0.2) is 23.9 Å². The molecule has 0 atom stereocenters. The van der Waals surface area contributed by atoms with E-state index < -0.39 is 16.4 Å². The molecule has 1 aromatic heterocycles. The van der Waals surface area contributed by atoms with Crippen LogP contribution in [0.15, 0.2) is 40.8 Å². The van der Waals surface area contributed by atoms with Gasteiger partial charge in [-0.1, -0.05) is 39.7 Å². The van der Waals surface area contributed by atoms with Crippen LogP contribution < -0.4 is 0 Å². The predicted molar refractivity (Wildman–Crippen MR) is 95.7 cm³/mol. The molecule has 0 N–H and O–H groups in total. The molecule has 1 heterocycles. The lowest BCUT2D eigenvalue weighted by Gasteiger charge is -2.09. The summed E-state index contributed by atoms with van der Waals surface area (Å²) in [4.78, 5) is 16.4. The van der Waals surface area contributed by atoms with Gasteiger partial charge in [-0.25, -0.2) is 4.98 Å². The molecule has 0 aliphatic rings. The molecule has 0 fully saturated rings. The van der Waals surface area contributed by atoms with E-state index in [-0.39, 0.29) is 5.56 Å². The van der Waals surface area contributed by atoms with E-state index in [0.717, 1.165) is 5.56 Å². The lowest BCUT2D eigenvalue weighted by Crippen LogP contribution is -2.03. The molecular formula is C16H11Cl2N3O3S. The van der Waals surface area contributed by atoms with Crippen LogP contribution in [0.5, 0.6) is 0 Å². The quantitative estimate of drug-likeness (QED) is 0.673. The van der Waals surface area contributed by atoms with E-state index in [4.69, 9.17) is 23.2 Å². The first kappa shape index (κ1) is 17.6. The third-order valence-electron chi connectivity index (χ3n) is 3.70. The van der Waals surface area contributed by atoms with Gasteiger partial charge >= 0.3 is 10.5 Å². The van der Waals surface area contributed by atoms with Crippen molar-refractivity contribution in [3.05, 3.63) is 63.4 Å². The molecular weight excluding hydrogens is 385 g/mol. The topological polar surface area (TPSA) is 81.4 Å². The highest BCUT2D eigenvalue weighted by Gasteiger charge is 2.16. The number of halogens is 2. The molecule has 1 amide bonds. The number of rotatable bonds is 3. The Bertz CT molecular complexity index is 1130. The number of carbonyl (C=O) groups is 1. The van der Waals surface area contributed by atoms with Crippen molar-refractivity contribution in [2.75, 3.05) is 0 Å². The highest BCUT2D eigenvalue weighted by molar-refractivity contribution is 7.62. The summed E-state index contributed by atoms with van der Waals surface area (Å²) in [5, 5.41) is 1.07. The zero-order valence-corrected chi connectivity index (χ0v) is 15.2. The van der Waals surface area contributed by atoms with Gasteiger partial charge in [-0.2, -0.15) is 8.42 Å². The van der Waals surface area contributed by atoms with Crippen molar-refractivity contribution in [2.24, 2.45) is 4.36 Å². The molecule has 0 radical (unpaired) electrons. The predicted octanol–water partition coefficient (Wildman–Crippen LogP) is 3.90. The van der Waals surface area contributed by atoms with Crippen LogP contribution in [0.4, 0.5) is 0 Å². The van der Waals surface area contributed by atoms with Crippen molar-refractivity contribution < 1.29 is 13.2 Å². The number of aromatic nitrogens is 2. The van der Waals surface area contributed by atoms with Gasteiger partial charge in [-0.05, 0) is 36.8 Å². The number of benzene rings is 2. The number of para-hydroxylation sites is 1. The summed E-state index contributed by atoms with van der Waals surface area (Å²) in [6.45, 7) is 2.22. The highest BCUT2D eigenvalue weighted by atomic mass is 35.5. The molecule has 0 saturated carbocycles. The lowest BCUT2D eigenvalue weighted by atomic mass is 10.1. The van der Waals surface area contributed by atoms with Crippen LogP contribution in [0.3, 0.4) is 0 Å². The number of aryl methyl sites for hydroxylation is 1. The van der Waals surface area contributed by atoms with Gasteiger partial charge in [0.25, 0.3) is 5.91 Å². The fourth-order valence-electron chi connectivity index (χ4n) is 2.57. The Morgan fingerprint density at radius 1 is 1.24 bits per heavy atom. The van der Waals surface area contributed by atoms with Crippen LogP contribution in [0.1, 0.15) is 21.7 Å². The second-order valence-electron chi connectivity index (χ2n) is 5.27. The minimum absolute atomic E-state index is 0.130. The standard InChI is InChI=1S/C16H11Cl2N3O3S/c1-9-19-15-12(16(22)20-25(23)24)3-2-4-14(15)21(9)8-10-5-6-11(17)7-13(10)18/h2-7H,8H2,1H3. The maximum atomic E-state index is 12.0. The molecule has 0 aliphatic carbocycles. The first-order valence-electron chi connectivity index (χ1n) is 7.12. The molecule has 128 valence electrons.